The van der Waals surface area contributed by atoms with Crippen molar-refractivity contribution in [3.05, 3.63) is 23.7 Å². The van der Waals surface area contributed by atoms with Crippen molar-refractivity contribution >= 4 is 39.2 Å². The van der Waals surface area contributed by atoms with E-state index in [1.54, 1.807) is 23.7 Å². The molecular weight excluding hydrogens is 254 g/mol. The summed E-state index contributed by atoms with van der Waals surface area (Å²) in [7, 11) is 0. The zero-order valence-electron chi connectivity index (χ0n) is 9.51. The van der Waals surface area contributed by atoms with Crippen molar-refractivity contribution in [2.24, 2.45) is 0 Å². The van der Waals surface area contributed by atoms with Crippen LogP contribution in [0.3, 0.4) is 0 Å². The number of rotatable bonds is 3. The third-order valence-corrected chi connectivity index (χ3v) is 3.10. The molecule has 1 aromatic heterocycles. The summed E-state index contributed by atoms with van der Waals surface area (Å²) in [5.41, 5.74) is 3.19. The lowest BCUT2D eigenvalue weighted by Gasteiger charge is -2.10. The molecule has 0 aliphatic carbocycles. The third kappa shape index (κ3) is 2.75. The molecule has 0 unspecified atom stereocenters. The summed E-state index contributed by atoms with van der Waals surface area (Å²) in [6, 6.07) is 3.82. The molecule has 2 rings (SSSR count). The Morgan fingerprint density at radius 1 is 1.44 bits per heavy atom. The first-order valence-electron chi connectivity index (χ1n) is 5.20. The molecule has 18 heavy (non-hydrogen) atoms. The Morgan fingerprint density at radius 2 is 2.22 bits per heavy atom. The van der Waals surface area contributed by atoms with Gasteiger partial charge in [-0.3, -0.25) is 4.79 Å². The third-order valence-electron chi connectivity index (χ3n) is 2.31. The van der Waals surface area contributed by atoms with Gasteiger partial charge in [-0.05, 0) is 25.1 Å². The summed E-state index contributed by atoms with van der Waals surface area (Å²) in [4.78, 5) is 26.2. The first kappa shape index (κ1) is 12.3. The molecule has 0 saturated carbocycles. The maximum atomic E-state index is 11.5. The summed E-state index contributed by atoms with van der Waals surface area (Å²) in [6.45, 7) is 1.40. The lowest BCUT2D eigenvalue weighted by molar-refractivity contribution is -0.138. The highest BCUT2D eigenvalue weighted by Gasteiger charge is 2.13. The van der Waals surface area contributed by atoms with Gasteiger partial charge in [-0.25, -0.2) is 9.78 Å². The summed E-state index contributed by atoms with van der Waals surface area (Å²) in [6.07, 6.45) is 0. The van der Waals surface area contributed by atoms with Gasteiger partial charge in [0.15, 0.2) is 0 Å². The minimum Gasteiger partial charge on any atom is -0.480 e. The van der Waals surface area contributed by atoms with Gasteiger partial charge >= 0.3 is 12.0 Å². The molecule has 1 heterocycles. The maximum Gasteiger partial charge on any atom is 0.325 e. The molecule has 1 aromatic carbocycles. The van der Waals surface area contributed by atoms with Crippen molar-refractivity contribution in [1.82, 2.24) is 10.3 Å². The van der Waals surface area contributed by atoms with E-state index in [1.807, 2.05) is 0 Å². The number of aromatic nitrogens is 1. The summed E-state index contributed by atoms with van der Waals surface area (Å²) in [5.74, 6) is -1.08. The second-order valence-electron chi connectivity index (χ2n) is 3.69. The predicted molar refractivity (Wildman–Crippen MR) is 68.9 cm³/mol. The fourth-order valence-electron chi connectivity index (χ4n) is 1.36. The molecule has 1 atom stereocenters. The number of anilines is 1. The fraction of sp³-hybridized carbons (Fsp3) is 0.182. The van der Waals surface area contributed by atoms with Crippen molar-refractivity contribution < 1.29 is 14.7 Å². The molecule has 3 N–H and O–H groups in total. The Kier molecular flexibility index (Phi) is 3.42. The molecule has 7 heteroatoms. The van der Waals surface area contributed by atoms with E-state index in [0.29, 0.717) is 5.69 Å². The normalized spacial score (nSPS) is 12.1. The van der Waals surface area contributed by atoms with Crippen LogP contribution in [0.15, 0.2) is 23.7 Å². The van der Waals surface area contributed by atoms with Crippen molar-refractivity contribution in [3.63, 3.8) is 0 Å². The Labute approximate surface area is 107 Å². The number of amides is 2. The van der Waals surface area contributed by atoms with E-state index in [2.05, 4.69) is 15.6 Å². The largest absolute Gasteiger partial charge is 0.480 e. The predicted octanol–water partition coefficient (Wildman–Crippen LogP) is 1.89. The second kappa shape index (κ2) is 5.01. The van der Waals surface area contributed by atoms with Crippen LogP contribution in [-0.2, 0) is 4.79 Å². The number of aliphatic carboxylic acids is 1. The van der Waals surface area contributed by atoms with Crippen LogP contribution in [0.4, 0.5) is 10.5 Å². The molecule has 0 radical (unpaired) electrons. The molecule has 0 aliphatic heterocycles. The van der Waals surface area contributed by atoms with Gasteiger partial charge in [-0.2, -0.15) is 0 Å². The molecule has 2 amide bonds. The van der Waals surface area contributed by atoms with Crippen LogP contribution in [0.25, 0.3) is 10.2 Å². The molecule has 0 spiro atoms. The molecular formula is C11H11N3O3S. The Balaban J connectivity index is 2.04. The zero-order chi connectivity index (χ0) is 13.1. The van der Waals surface area contributed by atoms with Gasteiger partial charge in [0.05, 0.1) is 15.7 Å². The molecule has 2 aromatic rings. The summed E-state index contributed by atoms with van der Waals surface area (Å²) >= 11 is 1.47. The minimum absolute atomic E-state index is 0.547. The first-order chi connectivity index (χ1) is 8.56. The van der Waals surface area contributed by atoms with Gasteiger partial charge in [-0.1, -0.05) is 0 Å². The maximum absolute atomic E-state index is 11.5. The van der Waals surface area contributed by atoms with Crippen LogP contribution in [0, 0.1) is 0 Å². The minimum atomic E-state index is -1.08. The SMILES string of the molecule is C[C@H](NC(=O)Nc1ccc2ncsc2c1)C(=O)O. The standard InChI is InChI=1S/C11H11N3O3S/c1-6(10(15)16)13-11(17)14-7-2-3-8-9(4-7)18-5-12-8/h2-6H,1H3,(H,15,16)(H2,13,14,17)/t6-/m0/s1. The van der Waals surface area contributed by atoms with E-state index >= 15 is 0 Å². The molecule has 0 fully saturated rings. The highest BCUT2D eigenvalue weighted by atomic mass is 32.1. The smallest absolute Gasteiger partial charge is 0.325 e. The number of carboxylic acid groups (broad SMARTS) is 1. The number of carbonyl (C=O) groups excluding carboxylic acids is 1. The van der Waals surface area contributed by atoms with Crippen LogP contribution in [0.2, 0.25) is 0 Å². The number of urea groups is 1. The average Bonchev–Trinajstić information content (AvgIpc) is 2.75. The Hall–Kier alpha value is -2.15. The average molecular weight is 265 g/mol. The van der Waals surface area contributed by atoms with Gasteiger partial charge in [-0.15, -0.1) is 11.3 Å². The van der Waals surface area contributed by atoms with E-state index in [1.165, 1.54) is 18.3 Å². The van der Waals surface area contributed by atoms with E-state index < -0.39 is 18.0 Å². The van der Waals surface area contributed by atoms with Gasteiger partial charge in [0, 0.05) is 5.69 Å². The first-order valence-corrected chi connectivity index (χ1v) is 6.08. The van der Waals surface area contributed by atoms with E-state index in [4.69, 9.17) is 5.11 Å². The van der Waals surface area contributed by atoms with Gasteiger partial charge < -0.3 is 15.7 Å². The Bertz CT molecular complexity index is 596. The van der Waals surface area contributed by atoms with E-state index in [9.17, 15) is 9.59 Å². The number of nitrogens with zero attached hydrogens (tertiary/aromatic N) is 1. The Morgan fingerprint density at radius 3 is 2.94 bits per heavy atom. The lowest BCUT2D eigenvalue weighted by Crippen LogP contribution is -2.40. The number of thiazole rings is 1. The summed E-state index contributed by atoms with van der Waals surface area (Å²) < 4.78 is 0.957. The number of carboxylic acids is 1. The number of fused-ring (bicyclic) bond motifs is 1. The number of nitrogens with one attached hydrogen (secondary N) is 2. The zero-order valence-corrected chi connectivity index (χ0v) is 10.3. The number of hydrogen-bond acceptors (Lipinski definition) is 4. The monoisotopic (exact) mass is 265 g/mol. The van der Waals surface area contributed by atoms with Gasteiger partial charge in [0.2, 0.25) is 0 Å². The van der Waals surface area contributed by atoms with E-state index in [-0.39, 0.29) is 0 Å². The van der Waals surface area contributed by atoms with Crippen molar-refractivity contribution in [2.45, 2.75) is 13.0 Å². The molecule has 94 valence electrons. The van der Waals surface area contributed by atoms with Gasteiger partial charge in [0.25, 0.3) is 0 Å². The van der Waals surface area contributed by atoms with Gasteiger partial charge in [0.1, 0.15) is 6.04 Å². The topological polar surface area (TPSA) is 91.3 Å². The molecule has 0 aliphatic rings. The quantitative estimate of drug-likeness (QED) is 0.790. The van der Waals surface area contributed by atoms with Crippen LogP contribution < -0.4 is 10.6 Å². The lowest BCUT2D eigenvalue weighted by atomic mass is 10.3. The number of hydrogen-bond donors (Lipinski definition) is 3. The number of benzene rings is 1. The van der Waals surface area contributed by atoms with Crippen molar-refractivity contribution in [2.75, 3.05) is 5.32 Å². The molecule has 0 bridgehead atoms. The van der Waals surface area contributed by atoms with Crippen LogP contribution in [0.1, 0.15) is 6.92 Å². The van der Waals surface area contributed by atoms with Crippen molar-refractivity contribution in [1.29, 1.82) is 0 Å². The number of carbonyl (C=O) groups is 2. The fourth-order valence-corrected chi connectivity index (χ4v) is 2.07. The van der Waals surface area contributed by atoms with Crippen LogP contribution >= 0.6 is 11.3 Å². The highest BCUT2D eigenvalue weighted by Crippen LogP contribution is 2.21. The summed E-state index contributed by atoms with van der Waals surface area (Å²) in [5, 5.41) is 13.5. The van der Waals surface area contributed by atoms with E-state index in [0.717, 1.165) is 10.2 Å². The molecule has 6 nitrogen and oxygen atoms in total. The van der Waals surface area contributed by atoms with Crippen LogP contribution in [0.5, 0.6) is 0 Å². The van der Waals surface area contributed by atoms with Crippen LogP contribution in [-0.4, -0.2) is 28.1 Å². The van der Waals surface area contributed by atoms with Crippen molar-refractivity contribution in [3.8, 4) is 0 Å². The highest BCUT2D eigenvalue weighted by molar-refractivity contribution is 7.16. The second-order valence-corrected chi connectivity index (χ2v) is 4.58. The molecule has 0 saturated heterocycles.